The Morgan fingerprint density at radius 2 is 1.86 bits per heavy atom. The highest BCUT2D eigenvalue weighted by atomic mass is 28.4. The van der Waals surface area contributed by atoms with E-state index in [2.05, 4.69) is 69.4 Å². The minimum atomic E-state index is -1.97. The van der Waals surface area contributed by atoms with E-state index < -0.39 is 19.1 Å². The van der Waals surface area contributed by atoms with Gasteiger partial charge in [0, 0.05) is 23.5 Å². The molecule has 0 amide bonds. The molecule has 1 atom stereocenters. The van der Waals surface area contributed by atoms with Crippen molar-refractivity contribution in [1.29, 1.82) is 0 Å². The molecule has 0 aliphatic heterocycles. The van der Waals surface area contributed by atoms with Gasteiger partial charge in [-0.05, 0) is 50.2 Å². The average Bonchev–Trinajstić information content (AvgIpc) is 2.73. The Kier molecular flexibility index (Phi) is 7.36. The summed E-state index contributed by atoms with van der Waals surface area (Å²) in [5.41, 5.74) is 0.975. The number of rotatable bonds is 9. The standard InChI is InChI=1S/C27H38N2O5Si/c1-10-33-19(3)23-22(18(2)14-34-35(8,9)25(4,5)6)20(13-28-29-23)11-12-21(30)26-15-27(16-26,17-26)24(31)32-7/h13,18H,3,10,14-17H2,1-2,4-9H3. The van der Waals surface area contributed by atoms with Crippen molar-refractivity contribution in [3.8, 4) is 11.8 Å². The van der Waals surface area contributed by atoms with Gasteiger partial charge in [0.15, 0.2) is 8.32 Å². The quantitative estimate of drug-likeness (QED) is 0.208. The second-order valence-corrected chi connectivity index (χ2v) is 16.3. The molecule has 0 N–H and O–H groups in total. The van der Waals surface area contributed by atoms with Gasteiger partial charge < -0.3 is 13.9 Å². The molecule has 3 aliphatic rings. The number of hydrogen-bond donors (Lipinski definition) is 0. The topological polar surface area (TPSA) is 87.6 Å². The minimum Gasteiger partial charge on any atom is -0.492 e. The third-order valence-corrected chi connectivity index (χ3v) is 12.4. The molecule has 0 aromatic carbocycles. The lowest BCUT2D eigenvalue weighted by Crippen LogP contribution is -2.68. The first-order valence-corrected chi connectivity index (χ1v) is 15.1. The average molecular weight is 499 g/mol. The Morgan fingerprint density at radius 3 is 2.40 bits per heavy atom. The first-order valence-electron chi connectivity index (χ1n) is 12.2. The zero-order valence-corrected chi connectivity index (χ0v) is 23.3. The SMILES string of the molecule is C=C(OCC)c1nncc(C#CC(=O)C23CC(C(=O)OC)(C2)C3)c1C(C)CO[Si](C)(C)C(C)(C)C. The fraction of sp³-hybridized carbons (Fsp3) is 0.630. The number of ketones is 1. The third kappa shape index (κ3) is 4.94. The lowest BCUT2D eigenvalue weighted by atomic mass is 9.34. The van der Waals surface area contributed by atoms with Gasteiger partial charge >= 0.3 is 5.97 Å². The van der Waals surface area contributed by atoms with E-state index in [1.165, 1.54) is 7.11 Å². The summed E-state index contributed by atoms with van der Waals surface area (Å²) >= 11 is 0. The summed E-state index contributed by atoms with van der Waals surface area (Å²) in [5.74, 6) is 5.88. The van der Waals surface area contributed by atoms with Crippen molar-refractivity contribution in [1.82, 2.24) is 10.2 Å². The molecule has 35 heavy (non-hydrogen) atoms. The number of carbonyl (C=O) groups excluding carboxylic acids is 2. The van der Waals surface area contributed by atoms with Crippen molar-refractivity contribution < 1.29 is 23.5 Å². The van der Waals surface area contributed by atoms with Gasteiger partial charge in [-0.25, -0.2) is 0 Å². The van der Waals surface area contributed by atoms with Crippen LogP contribution in [0.3, 0.4) is 0 Å². The maximum atomic E-state index is 13.0. The number of nitrogens with zero attached hydrogens (tertiary/aromatic N) is 2. The predicted molar refractivity (Wildman–Crippen MR) is 137 cm³/mol. The van der Waals surface area contributed by atoms with Crippen LogP contribution in [0.25, 0.3) is 5.76 Å². The summed E-state index contributed by atoms with van der Waals surface area (Å²) in [6, 6.07) is 0. The Hall–Kier alpha value is -2.50. The second-order valence-electron chi connectivity index (χ2n) is 11.5. The van der Waals surface area contributed by atoms with Crippen LogP contribution in [0.15, 0.2) is 12.8 Å². The molecular formula is C27H38N2O5Si. The van der Waals surface area contributed by atoms with Crippen molar-refractivity contribution in [3.05, 3.63) is 29.6 Å². The van der Waals surface area contributed by atoms with Crippen LogP contribution in [-0.2, 0) is 23.5 Å². The van der Waals surface area contributed by atoms with Crippen molar-refractivity contribution in [2.75, 3.05) is 20.3 Å². The summed E-state index contributed by atoms with van der Waals surface area (Å²) in [6.07, 6.45) is 3.14. The maximum Gasteiger partial charge on any atom is 0.311 e. The van der Waals surface area contributed by atoms with E-state index in [0.717, 1.165) is 5.56 Å². The van der Waals surface area contributed by atoms with Gasteiger partial charge in [-0.2, -0.15) is 5.10 Å². The first-order chi connectivity index (χ1) is 16.2. The van der Waals surface area contributed by atoms with Crippen LogP contribution >= 0.6 is 0 Å². The van der Waals surface area contributed by atoms with Crippen molar-refractivity contribution >= 4 is 25.8 Å². The first kappa shape index (κ1) is 27.1. The van der Waals surface area contributed by atoms with Gasteiger partial charge in [0.2, 0.25) is 5.78 Å². The van der Waals surface area contributed by atoms with Crippen LogP contribution in [0.5, 0.6) is 0 Å². The molecule has 7 nitrogen and oxygen atoms in total. The summed E-state index contributed by atoms with van der Waals surface area (Å²) in [5, 5.41) is 8.49. The highest BCUT2D eigenvalue weighted by Crippen LogP contribution is 2.74. The van der Waals surface area contributed by atoms with E-state index in [1.54, 1.807) is 6.20 Å². The number of esters is 1. The van der Waals surface area contributed by atoms with Crippen LogP contribution in [0.1, 0.15) is 76.6 Å². The van der Waals surface area contributed by atoms with Gasteiger partial charge in [-0.3, -0.25) is 9.59 Å². The van der Waals surface area contributed by atoms with E-state index in [-0.39, 0.29) is 22.7 Å². The van der Waals surface area contributed by atoms with E-state index in [0.29, 0.717) is 49.5 Å². The molecule has 1 heterocycles. The predicted octanol–water partition coefficient (Wildman–Crippen LogP) is 4.87. The molecule has 0 spiro atoms. The zero-order valence-electron chi connectivity index (χ0n) is 22.3. The van der Waals surface area contributed by atoms with Crippen molar-refractivity contribution in [2.24, 2.45) is 10.8 Å². The fourth-order valence-corrected chi connectivity index (χ4v) is 5.89. The van der Waals surface area contributed by atoms with Gasteiger partial charge in [0.25, 0.3) is 0 Å². The molecule has 8 heteroatoms. The number of aromatic nitrogens is 2. The van der Waals surface area contributed by atoms with E-state index >= 15 is 0 Å². The van der Waals surface area contributed by atoms with E-state index in [1.807, 2.05) is 6.92 Å². The third-order valence-electron chi connectivity index (χ3n) is 7.91. The van der Waals surface area contributed by atoms with Crippen LogP contribution in [0.2, 0.25) is 18.1 Å². The maximum absolute atomic E-state index is 13.0. The van der Waals surface area contributed by atoms with Crippen molar-refractivity contribution in [2.45, 2.75) is 77.9 Å². The number of ether oxygens (including phenoxy) is 2. The molecule has 2 bridgehead atoms. The molecule has 1 aromatic heterocycles. The highest BCUT2D eigenvalue weighted by molar-refractivity contribution is 6.74. The van der Waals surface area contributed by atoms with Gasteiger partial charge in [0.1, 0.15) is 11.5 Å². The monoisotopic (exact) mass is 498 g/mol. The van der Waals surface area contributed by atoms with Crippen LogP contribution in [0, 0.1) is 22.7 Å². The van der Waals surface area contributed by atoms with E-state index in [9.17, 15) is 9.59 Å². The second kappa shape index (κ2) is 9.51. The molecule has 3 saturated carbocycles. The Bertz CT molecular complexity index is 1070. The number of Topliss-reactive ketones (excluding diaryl/α,β-unsaturated/α-hetero) is 1. The Balaban J connectivity index is 1.86. The van der Waals surface area contributed by atoms with Gasteiger partial charge in [-0.1, -0.05) is 40.2 Å². The molecule has 3 fully saturated rings. The van der Waals surface area contributed by atoms with Crippen LogP contribution in [0.4, 0.5) is 0 Å². The zero-order chi connectivity index (χ0) is 26.2. The highest BCUT2D eigenvalue weighted by Gasteiger charge is 2.75. The smallest absolute Gasteiger partial charge is 0.311 e. The summed E-state index contributed by atoms with van der Waals surface area (Å²) in [6.45, 7) is 20.0. The number of methoxy groups -OCH3 is 1. The van der Waals surface area contributed by atoms with E-state index in [4.69, 9.17) is 13.9 Å². The summed E-state index contributed by atoms with van der Waals surface area (Å²) in [7, 11) is -0.581. The molecule has 0 saturated heterocycles. The van der Waals surface area contributed by atoms with Gasteiger partial charge in [0.05, 0.1) is 30.9 Å². The minimum absolute atomic E-state index is 0.0659. The molecule has 3 aliphatic carbocycles. The summed E-state index contributed by atoms with van der Waals surface area (Å²) < 4.78 is 17.0. The number of carbonyl (C=O) groups is 2. The van der Waals surface area contributed by atoms with Crippen LogP contribution in [-0.4, -0.2) is 50.6 Å². The molecular weight excluding hydrogens is 460 g/mol. The molecule has 0 radical (unpaired) electrons. The Morgan fingerprint density at radius 1 is 1.23 bits per heavy atom. The molecule has 1 unspecified atom stereocenters. The molecule has 1 aromatic rings. The molecule has 4 rings (SSSR count). The Labute approximate surface area is 210 Å². The molecule has 190 valence electrons. The van der Waals surface area contributed by atoms with Crippen molar-refractivity contribution in [3.63, 3.8) is 0 Å². The largest absolute Gasteiger partial charge is 0.492 e. The number of hydrogen-bond acceptors (Lipinski definition) is 7. The fourth-order valence-electron chi connectivity index (χ4n) is 4.79. The lowest BCUT2D eigenvalue weighted by molar-refractivity contribution is -0.218. The normalized spacial score (nSPS) is 23.7. The van der Waals surface area contributed by atoms with Crippen LogP contribution < -0.4 is 0 Å². The summed E-state index contributed by atoms with van der Waals surface area (Å²) in [4.78, 5) is 24.9. The lowest BCUT2D eigenvalue weighted by Gasteiger charge is -2.66. The van der Waals surface area contributed by atoms with Gasteiger partial charge in [-0.15, -0.1) is 5.10 Å².